The van der Waals surface area contributed by atoms with Gasteiger partial charge in [0.15, 0.2) is 5.82 Å². The molecule has 1 aromatic rings. The second-order valence-electron chi connectivity index (χ2n) is 8.91. The first-order valence-electron chi connectivity index (χ1n) is 11.0. The van der Waals surface area contributed by atoms with Gasteiger partial charge >= 0.3 is 12.1 Å². The Bertz CT molecular complexity index is 834. The molecule has 3 aliphatic rings. The number of nitrogens with zero attached hydrogens (tertiary/aromatic N) is 4. The van der Waals surface area contributed by atoms with Crippen molar-refractivity contribution in [3.05, 3.63) is 30.4 Å². The molecular weight excluding hydrogens is 444 g/mol. The van der Waals surface area contributed by atoms with Crippen LogP contribution in [0.1, 0.15) is 44.9 Å². The number of rotatable bonds is 3. The van der Waals surface area contributed by atoms with Gasteiger partial charge in [-0.15, -0.1) is 0 Å². The quantitative estimate of drug-likeness (QED) is 0.532. The van der Waals surface area contributed by atoms with Gasteiger partial charge in [0, 0.05) is 32.6 Å². The van der Waals surface area contributed by atoms with Gasteiger partial charge < -0.3 is 14.9 Å². The summed E-state index contributed by atoms with van der Waals surface area (Å²) >= 11 is 0. The number of aromatic nitrogens is 2. The Morgan fingerprint density at radius 2 is 1.55 bits per heavy atom. The fraction of sp³-hybridized carbons (Fsp3) is 0.636. The maximum absolute atomic E-state index is 13.0. The number of amides is 1. The van der Waals surface area contributed by atoms with Crippen molar-refractivity contribution >= 4 is 17.8 Å². The molecule has 1 saturated heterocycles. The van der Waals surface area contributed by atoms with E-state index in [2.05, 4.69) is 27.0 Å². The summed E-state index contributed by atoms with van der Waals surface area (Å²) in [4.78, 5) is 33.6. The Kier molecular flexibility index (Phi) is 7.91. The number of carboxylic acids is 1. The van der Waals surface area contributed by atoms with E-state index in [-0.39, 0.29) is 5.82 Å². The second kappa shape index (κ2) is 10.5. The summed E-state index contributed by atoms with van der Waals surface area (Å²) in [6.07, 6.45) is 9.33. The monoisotopic (exact) mass is 472 g/mol. The molecule has 0 atom stereocenters. The number of aliphatic carboxylic acids is 1. The number of hydrogen-bond acceptors (Lipinski definition) is 5. The molecule has 11 heteroatoms. The molecule has 3 heterocycles. The van der Waals surface area contributed by atoms with E-state index in [0.717, 1.165) is 39.0 Å². The highest BCUT2D eigenvalue weighted by Gasteiger charge is 2.39. The topological polar surface area (TPSA) is 86.6 Å². The molecule has 4 rings (SSSR count). The van der Waals surface area contributed by atoms with E-state index in [9.17, 15) is 22.4 Å². The van der Waals surface area contributed by atoms with Gasteiger partial charge in [-0.1, -0.05) is 12.2 Å². The third-order valence-electron chi connectivity index (χ3n) is 6.76. The van der Waals surface area contributed by atoms with Crippen LogP contribution in [0.2, 0.25) is 0 Å². The first kappa shape index (κ1) is 24.9. The van der Waals surface area contributed by atoms with E-state index in [1.807, 2.05) is 4.90 Å². The van der Waals surface area contributed by atoms with Crippen LogP contribution in [-0.4, -0.2) is 64.2 Å². The minimum absolute atomic E-state index is 0.319. The van der Waals surface area contributed by atoms with Crippen LogP contribution in [0.3, 0.4) is 0 Å². The summed E-state index contributed by atoms with van der Waals surface area (Å²) in [6, 6.07) is 0. The summed E-state index contributed by atoms with van der Waals surface area (Å²) in [7, 11) is 0. The highest BCUT2D eigenvalue weighted by Crippen LogP contribution is 2.47. The third-order valence-corrected chi connectivity index (χ3v) is 6.76. The van der Waals surface area contributed by atoms with Crippen molar-refractivity contribution in [1.29, 1.82) is 0 Å². The van der Waals surface area contributed by atoms with Crippen molar-refractivity contribution in [2.24, 2.45) is 11.3 Å². The highest BCUT2D eigenvalue weighted by atomic mass is 19.4. The SMILES string of the molecule is O=C(CC1CCC2(CC1)CCN(c1ncc(F)cn1)CC2)N1CC=CC1.O=C(O)C(F)(F)F. The molecule has 7 nitrogen and oxygen atoms in total. The van der Waals surface area contributed by atoms with Crippen molar-refractivity contribution in [2.75, 3.05) is 31.1 Å². The lowest BCUT2D eigenvalue weighted by Gasteiger charge is -2.46. The van der Waals surface area contributed by atoms with Gasteiger partial charge in [0.05, 0.1) is 12.4 Å². The van der Waals surface area contributed by atoms with E-state index in [0.29, 0.717) is 29.6 Å². The van der Waals surface area contributed by atoms with E-state index in [1.54, 1.807) is 0 Å². The molecule has 0 unspecified atom stereocenters. The predicted molar refractivity (Wildman–Crippen MR) is 112 cm³/mol. The van der Waals surface area contributed by atoms with Gasteiger partial charge in [0.25, 0.3) is 0 Å². The average molecular weight is 472 g/mol. The van der Waals surface area contributed by atoms with Gasteiger partial charge in [-0.3, -0.25) is 4.79 Å². The third kappa shape index (κ3) is 6.88. The normalized spacial score (nSPS) is 20.5. The van der Waals surface area contributed by atoms with Crippen molar-refractivity contribution in [3.63, 3.8) is 0 Å². The molecule has 1 amide bonds. The fourth-order valence-electron chi connectivity index (χ4n) is 4.70. The van der Waals surface area contributed by atoms with E-state index in [1.165, 1.54) is 38.1 Å². The second-order valence-corrected chi connectivity index (χ2v) is 8.91. The molecule has 182 valence electrons. The van der Waals surface area contributed by atoms with Crippen molar-refractivity contribution < 1.29 is 32.3 Å². The van der Waals surface area contributed by atoms with E-state index >= 15 is 0 Å². The Morgan fingerprint density at radius 3 is 2.03 bits per heavy atom. The molecule has 1 aliphatic carbocycles. The molecular formula is C22H28F4N4O3. The van der Waals surface area contributed by atoms with Gasteiger partial charge in [-0.05, 0) is 49.9 Å². The number of carboxylic acid groups (broad SMARTS) is 1. The summed E-state index contributed by atoms with van der Waals surface area (Å²) in [5.41, 5.74) is 0.422. The Morgan fingerprint density at radius 1 is 1.03 bits per heavy atom. The largest absolute Gasteiger partial charge is 0.490 e. The van der Waals surface area contributed by atoms with Crippen LogP contribution in [0.15, 0.2) is 24.5 Å². The first-order chi connectivity index (χ1) is 15.6. The lowest BCUT2D eigenvalue weighted by atomic mass is 9.65. The van der Waals surface area contributed by atoms with Crippen LogP contribution >= 0.6 is 0 Å². The van der Waals surface area contributed by atoms with Crippen molar-refractivity contribution in [3.8, 4) is 0 Å². The summed E-state index contributed by atoms with van der Waals surface area (Å²) in [5.74, 6) is -1.64. The Hall–Kier alpha value is -2.72. The average Bonchev–Trinajstić information content (AvgIpc) is 3.32. The number of piperidine rings is 1. The number of carbonyl (C=O) groups is 2. The van der Waals surface area contributed by atoms with Gasteiger partial charge in [-0.2, -0.15) is 13.2 Å². The highest BCUT2D eigenvalue weighted by molar-refractivity contribution is 5.77. The van der Waals surface area contributed by atoms with Crippen molar-refractivity contribution in [1.82, 2.24) is 14.9 Å². The first-order valence-corrected chi connectivity index (χ1v) is 11.0. The number of anilines is 1. The molecule has 1 saturated carbocycles. The maximum atomic E-state index is 13.0. The summed E-state index contributed by atoms with van der Waals surface area (Å²) < 4.78 is 44.7. The lowest BCUT2D eigenvalue weighted by Crippen LogP contribution is -2.43. The van der Waals surface area contributed by atoms with Crippen LogP contribution in [0, 0.1) is 17.2 Å². The summed E-state index contributed by atoms with van der Waals surface area (Å²) in [6.45, 7) is 3.46. The van der Waals surface area contributed by atoms with Gasteiger partial charge in [0.2, 0.25) is 11.9 Å². The number of halogens is 4. The number of carbonyl (C=O) groups excluding carboxylic acids is 1. The van der Waals surface area contributed by atoms with E-state index < -0.39 is 12.1 Å². The van der Waals surface area contributed by atoms with Gasteiger partial charge in [-0.25, -0.2) is 19.2 Å². The maximum Gasteiger partial charge on any atom is 0.490 e. The van der Waals surface area contributed by atoms with Crippen LogP contribution in [0.4, 0.5) is 23.5 Å². The molecule has 1 spiro atoms. The van der Waals surface area contributed by atoms with Crippen LogP contribution < -0.4 is 4.90 Å². The smallest absolute Gasteiger partial charge is 0.475 e. The molecule has 0 aromatic carbocycles. The fourth-order valence-corrected chi connectivity index (χ4v) is 4.70. The molecule has 0 radical (unpaired) electrons. The number of alkyl halides is 3. The zero-order chi connectivity index (χ0) is 24.1. The molecule has 2 aliphatic heterocycles. The molecule has 33 heavy (non-hydrogen) atoms. The molecule has 1 N–H and O–H groups in total. The Balaban J connectivity index is 0.000000383. The zero-order valence-corrected chi connectivity index (χ0v) is 18.2. The van der Waals surface area contributed by atoms with Gasteiger partial charge in [0.1, 0.15) is 0 Å². The predicted octanol–water partition coefficient (Wildman–Crippen LogP) is 3.81. The lowest BCUT2D eigenvalue weighted by molar-refractivity contribution is -0.192. The van der Waals surface area contributed by atoms with Crippen LogP contribution in [0.5, 0.6) is 0 Å². The van der Waals surface area contributed by atoms with Crippen LogP contribution in [0.25, 0.3) is 0 Å². The zero-order valence-electron chi connectivity index (χ0n) is 18.2. The van der Waals surface area contributed by atoms with Crippen molar-refractivity contribution in [2.45, 2.75) is 51.1 Å². The molecule has 0 bridgehead atoms. The minimum Gasteiger partial charge on any atom is -0.475 e. The standard InChI is InChI=1S/C20H27FN4O.C2HF3O2/c21-17-14-22-19(23-15-17)25-11-7-20(8-12-25)5-3-16(4-6-20)13-18(26)24-9-1-2-10-24;3-2(4,5)1(6)7/h1-2,14-16H,3-13H2;(H,6,7). The Labute approximate surface area is 189 Å². The molecule has 1 aromatic heterocycles. The molecule has 2 fully saturated rings. The summed E-state index contributed by atoms with van der Waals surface area (Å²) in [5, 5.41) is 7.12. The minimum atomic E-state index is -5.08. The number of hydrogen-bond donors (Lipinski definition) is 1. The van der Waals surface area contributed by atoms with Crippen LogP contribution in [-0.2, 0) is 9.59 Å². The van der Waals surface area contributed by atoms with E-state index in [4.69, 9.17) is 9.90 Å².